The molecule has 1 aliphatic heterocycles. The molecule has 1 aliphatic rings. The number of thiocarbonyl (C=S) groups is 1. The number of hydrogen-bond donors (Lipinski definition) is 1. The van der Waals surface area contributed by atoms with Crippen molar-refractivity contribution in [1.29, 1.82) is 0 Å². The van der Waals surface area contributed by atoms with E-state index in [2.05, 4.69) is 28.7 Å². The van der Waals surface area contributed by atoms with Crippen LogP contribution in [0.25, 0.3) is 0 Å². The van der Waals surface area contributed by atoms with Gasteiger partial charge in [0.05, 0.1) is 26.0 Å². The normalized spacial score (nSPS) is 13.4. The minimum atomic E-state index is 0.328. The highest BCUT2D eigenvalue weighted by Crippen LogP contribution is 2.17. The van der Waals surface area contributed by atoms with Crippen LogP contribution in [0.4, 0.5) is 0 Å². The average Bonchev–Trinajstić information content (AvgIpc) is 2.96. The van der Waals surface area contributed by atoms with Crippen molar-refractivity contribution in [3.05, 3.63) is 107 Å². The zero-order valence-corrected chi connectivity index (χ0v) is 21.8. The van der Waals surface area contributed by atoms with Crippen molar-refractivity contribution in [2.24, 2.45) is 5.16 Å². The molecule has 0 unspecified atom stereocenters. The van der Waals surface area contributed by atoms with Crippen molar-refractivity contribution >= 4 is 22.9 Å². The Morgan fingerprint density at radius 1 is 0.946 bits per heavy atom. The van der Waals surface area contributed by atoms with Crippen molar-refractivity contribution in [2.45, 2.75) is 19.4 Å². The van der Waals surface area contributed by atoms with Gasteiger partial charge in [-0.05, 0) is 59.5 Å². The lowest BCUT2D eigenvalue weighted by Gasteiger charge is -2.15. The van der Waals surface area contributed by atoms with Gasteiger partial charge in [-0.3, -0.25) is 0 Å². The van der Waals surface area contributed by atoms with Crippen LogP contribution >= 0.6 is 12.2 Å². The Labute approximate surface area is 223 Å². The van der Waals surface area contributed by atoms with Gasteiger partial charge in [0.25, 0.3) is 0 Å². The first-order valence-corrected chi connectivity index (χ1v) is 12.7. The first-order valence-electron chi connectivity index (χ1n) is 12.3. The maximum absolute atomic E-state index is 5.89. The molecule has 0 amide bonds. The lowest BCUT2D eigenvalue weighted by Crippen LogP contribution is -2.29. The number of rotatable bonds is 12. The van der Waals surface area contributed by atoms with Crippen molar-refractivity contribution in [3.63, 3.8) is 0 Å². The molecule has 192 valence electrons. The SMILES string of the molecule is COc1ccc(CO/N=C(\Cc2ccccc2)c2ccc(OCC(=S)NCC3=CCOCC3)cc2)cc1. The second-order valence-electron chi connectivity index (χ2n) is 8.60. The number of nitrogens with one attached hydrogen (secondary N) is 1. The van der Waals surface area contributed by atoms with Crippen LogP contribution in [0.3, 0.4) is 0 Å². The molecule has 37 heavy (non-hydrogen) atoms. The highest BCUT2D eigenvalue weighted by Gasteiger charge is 2.09. The van der Waals surface area contributed by atoms with Crippen LogP contribution in [0.15, 0.2) is 95.7 Å². The fraction of sp³-hybridized carbons (Fsp3) is 0.267. The van der Waals surface area contributed by atoms with E-state index in [0.29, 0.717) is 31.2 Å². The third-order valence-electron chi connectivity index (χ3n) is 5.91. The third kappa shape index (κ3) is 8.74. The minimum absolute atomic E-state index is 0.328. The van der Waals surface area contributed by atoms with Gasteiger partial charge in [-0.25, -0.2) is 0 Å². The molecule has 0 radical (unpaired) electrons. The summed E-state index contributed by atoms with van der Waals surface area (Å²) in [5.41, 5.74) is 5.31. The molecule has 3 aromatic rings. The molecule has 0 saturated carbocycles. The van der Waals surface area contributed by atoms with Crippen molar-refractivity contribution in [1.82, 2.24) is 5.32 Å². The number of benzene rings is 3. The summed E-state index contributed by atoms with van der Waals surface area (Å²) in [5, 5.41) is 7.76. The van der Waals surface area contributed by atoms with Crippen LogP contribution in [-0.2, 0) is 22.6 Å². The second kappa shape index (κ2) is 14.2. The smallest absolute Gasteiger partial charge is 0.142 e. The maximum atomic E-state index is 5.89. The molecular formula is C30H32N2O4S. The molecule has 1 heterocycles. The van der Waals surface area contributed by atoms with Crippen molar-refractivity contribution < 1.29 is 19.0 Å². The zero-order valence-electron chi connectivity index (χ0n) is 21.0. The molecule has 6 nitrogen and oxygen atoms in total. The Morgan fingerprint density at radius 3 is 2.41 bits per heavy atom. The summed E-state index contributed by atoms with van der Waals surface area (Å²) in [7, 11) is 1.65. The molecule has 4 rings (SSSR count). The Morgan fingerprint density at radius 2 is 1.70 bits per heavy atom. The summed E-state index contributed by atoms with van der Waals surface area (Å²) in [6, 6.07) is 25.8. The van der Waals surface area contributed by atoms with Gasteiger partial charge in [0, 0.05) is 13.0 Å². The van der Waals surface area contributed by atoms with E-state index in [-0.39, 0.29) is 0 Å². The van der Waals surface area contributed by atoms with Crippen LogP contribution in [0.5, 0.6) is 11.5 Å². The van der Waals surface area contributed by atoms with E-state index in [1.165, 1.54) is 5.57 Å². The molecule has 7 heteroatoms. The molecule has 3 aromatic carbocycles. The Kier molecular flexibility index (Phi) is 10.1. The van der Waals surface area contributed by atoms with E-state index in [0.717, 1.165) is 53.5 Å². The van der Waals surface area contributed by atoms with Gasteiger partial charge in [-0.15, -0.1) is 0 Å². The van der Waals surface area contributed by atoms with Gasteiger partial charge in [-0.1, -0.05) is 71.5 Å². The summed E-state index contributed by atoms with van der Waals surface area (Å²) in [5.74, 6) is 1.56. The Balaban J connectivity index is 1.35. The largest absolute Gasteiger partial charge is 0.497 e. The third-order valence-corrected chi connectivity index (χ3v) is 6.17. The van der Waals surface area contributed by atoms with Crippen LogP contribution in [0, 0.1) is 0 Å². The number of oxime groups is 1. The molecule has 0 bridgehead atoms. The summed E-state index contributed by atoms with van der Waals surface area (Å²) < 4.78 is 16.4. The Bertz CT molecular complexity index is 1190. The van der Waals surface area contributed by atoms with Crippen molar-refractivity contribution in [3.8, 4) is 11.5 Å². The van der Waals surface area contributed by atoms with Crippen LogP contribution in [-0.4, -0.2) is 44.2 Å². The highest BCUT2D eigenvalue weighted by molar-refractivity contribution is 7.80. The van der Waals surface area contributed by atoms with E-state index in [1.54, 1.807) is 7.11 Å². The summed E-state index contributed by atoms with van der Waals surface area (Å²) in [4.78, 5) is 6.42. The number of nitrogens with zero attached hydrogens (tertiary/aromatic N) is 1. The van der Waals surface area contributed by atoms with Gasteiger partial charge in [-0.2, -0.15) is 0 Å². The van der Waals surface area contributed by atoms with Gasteiger partial charge in [0.15, 0.2) is 0 Å². The van der Waals surface area contributed by atoms with Crippen molar-refractivity contribution in [2.75, 3.05) is 33.5 Å². The quantitative estimate of drug-likeness (QED) is 0.148. The fourth-order valence-corrected chi connectivity index (χ4v) is 3.90. The predicted molar refractivity (Wildman–Crippen MR) is 151 cm³/mol. The van der Waals surface area contributed by atoms with Gasteiger partial charge >= 0.3 is 0 Å². The van der Waals surface area contributed by atoms with Crippen LogP contribution in [0.1, 0.15) is 23.1 Å². The molecule has 0 saturated heterocycles. The lowest BCUT2D eigenvalue weighted by molar-refractivity contribution is 0.130. The second-order valence-corrected chi connectivity index (χ2v) is 9.09. The average molecular weight is 517 g/mol. The predicted octanol–water partition coefficient (Wildman–Crippen LogP) is 5.50. The monoisotopic (exact) mass is 516 g/mol. The highest BCUT2D eigenvalue weighted by atomic mass is 32.1. The van der Waals surface area contributed by atoms with Gasteiger partial charge < -0.3 is 24.4 Å². The van der Waals surface area contributed by atoms with E-state index in [4.69, 9.17) is 31.3 Å². The Hall–Kier alpha value is -3.68. The standard InChI is InChI=1S/C30H32N2O4S/c1-33-27-11-7-25(8-12-27)21-36-32-29(19-23-5-3-2-4-6-23)26-9-13-28(14-10-26)35-22-30(37)31-20-24-15-17-34-18-16-24/h2-15H,16-22H2,1H3,(H,31,37)/b32-29+. The molecule has 0 fully saturated rings. The minimum Gasteiger partial charge on any atom is -0.497 e. The first kappa shape index (κ1) is 26.4. The summed E-state index contributed by atoms with van der Waals surface area (Å²) in [6.07, 6.45) is 3.70. The molecule has 0 spiro atoms. The van der Waals surface area contributed by atoms with E-state index in [9.17, 15) is 0 Å². The van der Waals surface area contributed by atoms with E-state index >= 15 is 0 Å². The zero-order chi connectivity index (χ0) is 25.7. The van der Waals surface area contributed by atoms with Gasteiger partial charge in [0.2, 0.25) is 0 Å². The molecular weight excluding hydrogens is 484 g/mol. The first-order chi connectivity index (χ1) is 18.2. The van der Waals surface area contributed by atoms with E-state index < -0.39 is 0 Å². The maximum Gasteiger partial charge on any atom is 0.142 e. The fourth-order valence-electron chi connectivity index (χ4n) is 3.76. The molecule has 0 atom stereocenters. The number of hydrogen-bond acceptors (Lipinski definition) is 6. The molecule has 1 N–H and O–H groups in total. The lowest BCUT2D eigenvalue weighted by atomic mass is 10.0. The molecule has 0 aromatic heterocycles. The van der Waals surface area contributed by atoms with Crippen LogP contribution in [0.2, 0.25) is 0 Å². The molecule has 0 aliphatic carbocycles. The van der Waals surface area contributed by atoms with E-state index in [1.807, 2.05) is 66.7 Å². The summed E-state index contributed by atoms with van der Waals surface area (Å²) >= 11 is 5.43. The summed E-state index contributed by atoms with van der Waals surface area (Å²) in [6.45, 7) is 2.88. The number of ether oxygens (including phenoxy) is 3. The van der Waals surface area contributed by atoms with Crippen LogP contribution < -0.4 is 14.8 Å². The number of methoxy groups -OCH3 is 1. The van der Waals surface area contributed by atoms with Gasteiger partial charge in [0.1, 0.15) is 29.7 Å². The topological polar surface area (TPSA) is 61.3 Å².